The normalized spacial score (nSPS) is 11.0. The molecule has 0 aliphatic carbocycles. The van der Waals surface area contributed by atoms with Gasteiger partial charge in [-0.1, -0.05) is 93.1 Å². The molecule has 1 aromatic heterocycles. The molecule has 0 saturated heterocycles. The maximum Gasteiger partial charge on any atom is 0.250 e. The summed E-state index contributed by atoms with van der Waals surface area (Å²) < 4.78 is 7.53. The summed E-state index contributed by atoms with van der Waals surface area (Å²) in [6, 6.07) is 22.9. The molecule has 1 N–H and O–H groups in total. The molecule has 3 aromatic carbocycles. The molecule has 0 bridgehead atoms. The summed E-state index contributed by atoms with van der Waals surface area (Å²) in [6.07, 6.45) is 1.56. The highest BCUT2D eigenvalue weighted by Gasteiger charge is 2.09. The molecule has 0 radical (unpaired) electrons. The molecule has 0 fully saturated rings. The highest BCUT2D eigenvalue weighted by molar-refractivity contribution is 9.10. The molecule has 0 spiro atoms. The number of carbonyl (C=O) groups is 1. The molecule has 1 amide bonds. The second-order valence-corrected chi connectivity index (χ2v) is 10.5. The number of nitrogens with one attached hydrogen (secondary N) is 1. The van der Waals surface area contributed by atoms with E-state index in [0.717, 1.165) is 30.5 Å². The van der Waals surface area contributed by atoms with E-state index in [0.29, 0.717) is 17.4 Å². The van der Waals surface area contributed by atoms with Crippen LogP contribution in [0.4, 0.5) is 0 Å². The summed E-state index contributed by atoms with van der Waals surface area (Å²) in [5.41, 5.74) is 5.27. The summed E-state index contributed by atoms with van der Waals surface area (Å²) >= 11 is 12.2. The van der Waals surface area contributed by atoms with Crippen molar-refractivity contribution in [3.63, 3.8) is 0 Å². The Kier molecular flexibility index (Phi) is 8.70. The predicted octanol–water partition coefficient (Wildman–Crippen LogP) is 6.44. The summed E-state index contributed by atoms with van der Waals surface area (Å²) in [7, 11) is 0. The lowest BCUT2D eigenvalue weighted by Crippen LogP contribution is -2.19. The molecule has 6 nitrogen and oxygen atoms in total. The van der Waals surface area contributed by atoms with Gasteiger partial charge in [-0.05, 0) is 35.9 Å². The van der Waals surface area contributed by atoms with Gasteiger partial charge in [0, 0.05) is 20.6 Å². The van der Waals surface area contributed by atoms with Gasteiger partial charge in [0.1, 0.15) is 17.4 Å². The molecule has 4 rings (SSSR count). The van der Waals surface area contributed by atoms with E-state index in [1.807, 2.05) is 72.8 Å². The summed E-state index contributed by atoms with van der Waals surface area (Å²) in [5, 5.41) is 13.9. The fourth-order valence-corrected chi connectivity index (χ4v) is 4.95. The van der Waals surface area contributed by atoms with E-state index in [-0.39, 0.29) is 11.7 Å². The number of halogens is 2. The highest BCUT2D eigenvalue weighted by atomic mass is 79.9. The predicted molar refractivity (Wildman–Crippen MR) is 142 cm³/mol. The Balaban J connectivity index is 1.30. The van der Waals surface area contributed by atoms with E-state index in [1.165, 1.54) is 23.1 Å². The number of benzene rings is 3. The van der Waals surface area contributed by atoms with E-state index in [4.69, 9.17) is 16.3 Å². The average Bonchev–Trinajstić information content (AvgIpc) is 3.33. The van der Waals surface area contributed by atoms with Crippen LogP contribution in [-0.2, 0) is 11.4 Å². The van der Waals surface area contributed by atoms with Gasteiger partial charge in [0.15, 0.2) is 4.34 Å². The second kappa shape index (κ2) is 12.1. The first-order valence-corrected chi connectivity index (χ1v) is 13.0. The van der Waals surface area contributed by atoms with E-state index < -0.39 is 0 Å². The number of hydrazone groups is 1. The van der Waals surface area contributed by atoms with Gasteiger partial charge in [-0.15, -0.1) is 10.2 Å². The van der Waals surface area contributed by atoms with Crippen LogP contribution < -0.4 is 10.2 Å². The summed E-state index contributed by atoms with van der Waals surface area (Å²) in [5.74, 6) is 0.586. The van der Waals surface area contributed by atoms with Crippen molar-refractivity contribution in [3.8, 4) is 16.3 Å². The third-order valence-electron chi connectivity index (χ3n) is 4.43. The Morgan fingerprint density at radius 2 is 1.91 bits per heavy atom. The first-order valence-electron chi connectivity index (χ1n) is 10.1. The third kappa shape index (κ3) is 7.14. The molecule has 34 heavy (non-hydrogen) atoms. The molecule has 172 valence electrons. The Morgan fingerprint density at radius 3 is 2.71 bits per heavy atom. The molecule has 0 aliphatic heterocycles. The van der Waals surface area contributed by atoms with Crippen LogP contribution in [0.3, 0.4) is 0 Å². The topological polar surface area (TPSA) is 76.5 Å². The third-order valence-corrected chi connectivity index (χ3v) is 7.28. The van der Waals surface area contributed by atoms with Crippen molar-refractivity contribution < 1.29 is 9.53 Å². The lowest BCUT2D eigenvalue weighted by Gasteiger charge is -2.10. The Hall–Kier alpha value is -2.72. The van der Waals surface area contributed by atoms with Gasteiger partial charge >= 0.3 is 0 Å². The van der Waals surface area contributed by atoms with Crippen LogP contribution in [0.1, 0.15) is 11.1 Å². The van der Waals surface area contributed by atoms with Gasteiger partial charge < -0.3 is 4.74 Å². The zero-order chi connectivity index (χ0) is 23.8. The SMILES string of the molecule is O=C(CSc1nnc(-c2ccccc2)s1)NN=Cc1cc(Br)ccc1OCc1ccc(Cl)cc1. The van der Waals surface area contributed by atoms with Crippen molar-refractivity contribution in [2.75, 3.05) is 5.75 Å². The van der Waals surface area contributed by atoms with Gasteiger partial charge in [0.2, 0.25) is 0 Å². The molecule has 0 saturated carbocycles. The van der Waals surface area contributed by atoms with Crippen LogP contribution in [0, 0.1) is 0 Å². The Bertz CT molecular complexity index is 1280. The first kappa shape index (κ1) is 24.4. The minimum Gasteiger partial charge on any atom is -0.488 e. The van der Waals surface area contributed by atoms with E-state index in [1.54, 1.807) is 6.21 Å². The maximum atomic E-state index is 12.2. The Labute approximate surface area is 218 Å². The Morgan fingerprint density at radius 1 is 1.12 bits per heavy atom. The van der Waals surface area contributed by atoms with Crippen LogP contribution >= 0.6 is 50.6 Å². The fraction of sp³-hybridized carbons (Fsp3) is 0.0833. The monoisotopic (exact) mass is 572 g/mol. The number of thioether (sulfide) groups is 1. The van der Waals surface area contributed by atoms with Crippen LogP contribution in [0.25, 0.3) is 10.6 Å². The molecule has 0 atom stereocenters. The summed E-state index contributed by atoms with van der Waals surface area (Å²) in [4.78, 5) is 12.2. The molecule has 1 heterocycles. The van der Waals surface area contributed by atoms with Crippen molar-refractivity contribution >= 4 is 62.8 Å². The number of hydrogen-bond acceptors (Lipinski definition) is 7. The van der Waals surface area contributed by atoms with Crippen molar-refractivity contribution in [1.82, 2.24) is 15.6 Å². The van der Waals surface area contributed by atoms with Gasteiger partial charge in [-0.2, -0.15) is 5.10 Å². The molecule has 0 aliphatic rings. The van der Waals surface area contributed by atoms with Crippen molar-refractivity contribution in [3.05, 3.63) is 93.4 Å². The molecular weight excluding hydrogens is 556 g/mol. The number of nitrogens with zero attached hydrogens (tertiary/aromatic N) is 3. The lowest BCUT2D eigenvalue weighted by molar-refractivity contribution is -0.118. The second-order valence-electron chi connectivity index (χ2n) is 6.92. The van der Waals surface area contributed by atoms with Gasteiger partial charge in [-0.25, -0.2) is 5.43 Å². The molecule has 0 unspecified atom stereocenters. The van der Waals surface area contributed by atoms with Crippen LogP contribution in [0.5, 0.6) is 5.75 Å². The minimum absolute atomic E-state index is 0.180. The highest BCUT2D eigenvalue weighted by Crippen LogP contribution is 2.29. The molecular formula is C24H18BrClN4O2S2. The standard InChI is InChI=1S/C24H18BrClN4O2S2/c25-19-8-11-21(32-14-16-6-9-20(26)10-7-16)18(12-19)13-27-28-22(31)15-33-24-30-29-23(34-24)17-4-2-1-3-5-17/h1-13H,14-15H2,(H,28,31). The van der Waals surface area contributed by atoms with Crippen LogP contribution in [-0.4, -0.2) is 28.1 Å². The maximum absolute atomic E-state index is 12.2. The van der Waals surface area contributed by atoms with E-state index in [2.05, 4.69) is 36.7 Å². The average molecular weight is 574 g/mol. The van der Waals surface area contributed by atoms with E-state index in [9.17, 15) is 4.79 Å². The number of ether oxygens (including phenoxy) is 1. The quantitative estimate of drug-likeness (QED) is 0.142. The van der Waals surface area contributed by atoms with Crippen molar-refractivity contribution in [1.29, 1.82) is 0 Å². The number of amides is 1. The van der Waals surface area contributed by atoms with Crippen LogP contribution in [0.2, 0.25) is 5.02 Å². The van der Waals surface area contributed by atoms with Gasteiger partial charge in [0.25, 0.3) is 5.91 Å². The fourth-order valence-electron chi connectivity index (χ4n) is 2.79. The minimum atomic E-state index is -0.239. The number of carbonyl (C=O) groups excluding carboxylic acids is 1. The summed E-state index contributed by atoms with van der Waals surface area (Å²) in [6.45, 7) is 0.384. The zero-order valence-electron chi connectivity index (χ0n) is 17.7. The zero-order valence-corrected chi connectivity index (χ0v) is 21.6. The number of hydrogen-bond donors (Lipinski definition) is 1. The van der Waals surface area contributed by atoms with Crippen molar-refractivity contribution in [2.45, 2.75) is 10.9 Å². The van der Waals surface area contributed by atoms with E-state index >= 15 is 0 Å². The number of rotatable bonds is 9. The smallest absolute Gasteiger partial charge is 0.250 e. The van der Waals surface area contributed by atoms with Gasteiger partial charge in [0.05, 0.1) is 12.0 Å². The van der Waals surface area contributed by atoms with Crippen molar-refractivity contribution in [2.24, 2.45) is 5.10 Å². The van der Waals surface area contributed by atoms with Gasteiger partial charge in [-0.3, -0.25) is 4.79 Å². The van der Waals surface area contributed by atoms with Crippen LogP contribution in [0.15, 0.2) is 86.7 Å². The largest absolute Gasteiger partial charge is 0.488 e. The lowest BCUT2D eigenvalue weighted by atomic mass is 10.2. The first-order chi connectivity index (χ1) is 16.6. The molecule has 10 heteroatoms. The number of aromatic nitrogens is 2. The molecule has 4 aromatic rings.